The Hall–Kier alpha value is -2.24. The van der Waals surface area contributed by atoms with Crippen LogP contribution in [0.3, 0.4) is 0 Å². The van der Waals surface area contributed by atoms with Gasteiger partial charge in [0.05, 0.1) is 18.7 Å². The average Bonchev–Trinajstić information content (AvgIpc) is 3.15. The molecule has 0 bridgehead atoms. The molecule has 0 aromatic heterocycles. The molecule has 24 heavy (non-hydrogen) atoms. The highest BCUT2D eigenvalue weighted by molar-refractivity contribution is 5.82. The second kappa shape index (κ2) is 7.55. The van der Waals surface area contributed by atoms with Crippen LogP contribution in [0.15, 0.2) is 48.5 Å². The summed E-state index contributed by atoms with van der Waals surface area (Å²) >= 11 is 0. The van der Waals surface area contributed by atoms with Crippen LogP contribution in [0.5, 0.6) is 0 Å². The normalized spacial score (nSPS) is 18.3. The molecule has 1 amide bonds. The molecule has 2 atom stereocenters. The van der Waals surface area contributed by atoms with Crippen LogP contribution in [-0.4, -0.2) is 30.2 Å². The number of benzene rings is 2. The van der Waals surface area contributed by atoms with Crippen LogP contribution < -0.4 is 10.6 Å². The fraction of sp³-hybridized carbons (Fsp3) is 0.316. The molecule has 3 rings (SSSR count). The van der Waals surface area contributed by atoms with Crippen LogP contribution >= 0.6 is 0 Å². The van der Waals surface area contributed by atoms with Gasteiger partial charge in [0.1, 0.15) is 5.82 Å². The zero-order chi connectivity index (χ0) is 16.9. The van der Waals surface area contributed by atoms with E-state index in [9.17, 15) is 14.3 Å². The van der Waals surface area contributed by atoms with Gasteiger partial charge >= 0.3 is 0 Å². The average molecular weight is 328 g/mol. The molecular weight excluding hydrogens is 307 g/mol. The van der Waals surface area contributed by atoms with Crippen molar-refractivity contribution >= 4 is 5.91 Å². The molecule has 1 heterocycles. The number of hydrogen-bond donors (Lipinski definition) is 3. The van der Waals surface area contributed by atoms with Gasteiger partial charge in [0, 0.05) is 5.56 Å². The molecule has 5 heteroatoms. The molecular formula is C19H21FN2O2. The Morgan fingerprint density at radius 2 is 2.00 bits per heavy atom. The lowest BCUT2D eigenvalue weighted by molar-refractivity contribution is -0.123. The molecule has 0 saturated carbocycles. The fourth-order valence-corrected chi connectivity index (χ4v) is 3.01. The van der Waals surface area contributed by atoms with Gasteiger partial charge in [0.15, 0.2) is 0 Å². The second-order valence-corrected chi connectivity index (χ2v) is 5.99. The van der Waals surface area contributed by atoms with E-state index >= 15 is 0 Å². The van der Waals surface area contributed by atoms with Crippen molar-refractivity contribution in [3.05, 3.63) is 59.9 Å². The van der Waals surface area contributed by atoms with Gasteiger partial charge in [-0.15, -0.1) is 0 Å². The highest BCUT2D eigenvalue weighted by Crippen LogP contribution is 2.24. The van der Waals surface area contributed by atoms with E-state index in [0.29, 0.717) is 5.56 Å². The predicted molar refractivity (Wildman–Crippen MR) is 90.8 cm³/mol. The minimum atomic E-state index is -0.463. The molecule has 1 saturated heterocycles. The molecule has 3 N–H and O–H groups in total. The summed E-state index contributed by atoms with van der Waals surface area (Å²) in [4.78, 5) is 12.2. The third-order valence-electron chi connectivity index (χ3n) is 4.37. The Bertz CT molecular complexity index is 697. The molecule has 1 aliphatic rings. The number of carbonyl (C=O) groups excluding carboxylic acids is 1. The molecule has 4 nitrogen and oxygen atoms in total. The SMILES string of the molecule is O=C(NC(CO)c1ccc(-c2ccccc2F)cc1)C1CCCN1. The Morgan fingerprint density at radius 1 is 1.25 bits per heavy atom. The van der Waals surface area contributed by atoms with E-state index in [1.165, 1.54) is 6.07 Å². The molecule has 2 aromatic carbocycles. The number of hydrogen-bond acceptors (Lipinski definition) is 3. The van der Waals surface area contributed by atoms with Gasteiger partial charge < -0.3 is 15.7 Å². The van der Waals surface area contributed by atoms with Crippen molar-refractivity contribution in [2.75, 3.05) is 13.2 Å². The summed E-state index contributed by atoms with van der Waals surface area (Å²) < 4.78 is 13.8. The van der Waals surface area contributed by atoms with Crippen molar-refractivity contribution < 1.29 is 14.3 Å². The highest BCUT2D eigenvalue weighted by Gasteiger charge is 2.24. The lowest BCUT2D eigenvalue weighted by Gasteiger charge is -2.20. The summed E-state index contributed by atoms with van der Waals surface area (Å²) in [5.74, 6) is -0.366. The van der Waals surface area contributed by atoms with Crippen molar-refractivity contribution in [2.24, 2.45) is 0 Å². The zero-order valence-corrected chi connectivity index (χ0v) is 13.3. The van der Waals surface area contributed by atoms with Crippen molar-refractivity contribution in [3.63, 3.8) is 0 Å². The van der Waals surface area contributed by atoms with E-state index in [0.717, 1.165) is 30.5 Å². The van der Waals surface area contributed by atoms with Crippen molar-refractivity contribution in [1.29, 1.82) is 0 Å². The summed E-state index contributed by atoms with van der Waals surface area (Å²) in [6.07, 6.45) is 1.80. The molecule has 0 aliphatic carbocycles. The van der Waals surface area contributed by atoms with E-state index in [-0.39, 0.29) is 24.4 Å². The first-order valence-corrected chi connectivity index (χ1v) is 8.18. The summed E-state index contributed by atoms with van der Waals surface area (Å²) in [6.45, 7) is 0.663. The van der Waals surface area contributed by atoms with Gasteiger partial charge in [-0.25, -0.2) is 4.39 Å². The second-order valence-electron chi connectivity index (χ2n) is 5.99. The quantitative estimate of drug-likeness (QED) is 0.790. The number of amides is 1. The predicted octanol–water partition coefficient (Wildman–Crippen LogP) is 2.39. The Balaban J connectivity index is 1.73. The maximum Gasteiger partial charge on any atom is 0.237 e. The van der Waals surface area contributed by atoms with Crippen LogP contribution in [-0.2, 0) is 4.79 Å². The van der Waals surface area contributed by atoms with Gasteiger partial charge in [-0.05, 0) is 36.6 Å². The van der Waals surface area contributed by atoms with Crippen molar-refractivity contribution in [1.82, 2.24) is 10.6 Å². The number of halogens is 1. The van der Waals surface area contributed by atoms with E-state index in [4.69, 9.17) is 0 Å². The monoisotopic (exact) mass is 328 g/mol. The lowest BCUT2D eigenvalue weighted by Crippen LogP contribution is -2.42. The van der Waals surface area contributed by atoms with Crippen molar-refractivity contribution in [3.8, 4) is 11.1 Å². The molecule has 126 valence electrons. The fourth-order valence-electron chi connectivity index (χ4n) is 3.01. The largest absolute Gasteiger partial charge is 0.394 e. The number of aliphatic hydroxyl groups is 1. The standard InChI is InChI=1S/C19H21FN2O2/c20-16-5-2-1-4-15(16)13-7-9-14(10-8-13)18(12-23)22-19(24)17-6-3-11-21-17/h1-2,4-5,7-10,17-18,21,23H,3,6,11-12H2,(H,22,24). The Kier molecular flexibility index (Phi) is 5.23. The molecule has 2 aromatic rings. The van der Waals surface area contributed by atoms with Gasteiger partial charge in [0.2, 0.25) is 5.91 Å². The van der Waals surface area contributed by atoms with Gasteiger partial charge in [-0.2, -0.15) is 0 Å². The zero-order valence-electron chi connectivity index (χ0n) is 13.3. The maximum atomic E-state index is 13.8. The van der Waals surface area contributed by atoms with Crippen LogP contribution in [0.25, 0.3) is 11.1 Å². The van der Waals surface area contributed by atoms with Gasteiger partial charge in [-0.3, -0.25) is 4.79 Å². The molecule has 0 spiro atoms. The first kappa shape index (κ1) is 16.6. The van der Waals surface area contributed by atoms with Gasteiger partial charge in [-0.1, -0.05) is 42.5 Å². The van der Waals surface area contributed by atoms with Crippen LogP contribution in [0.1, 0.15) is 24.4 Å². The topological polar surface area (TPSA) is 61.4 Å². The number of rotatable bonds is 5. The highest BCUT2D eigenvalue weighted by atomic mass is 19.1. The molecule has 1 fully saturated rings. The third kappa shape index (κ3) is 3.63. The molecule has 0 radical (unpaired) electrons. The van der Waals surface area contributed by atoms with E-state index in [1.54, 1.807) is 30.3 Å². The summed E-state index contributed by atoms with van der Waals surface area (Å²) in [7, 11) is 0. The Labute approximate surface area is 140 Å². The lowest BCUT2D eigenvalue weighted by atomic mass is 10.0. The molecule has 2 unspecified atom stereocenters. The minimum absolute atomic E-state index is 0.0928. The summed E-state index contributed by atoms with van der Waals surface area (Å²) in [5.41, 5.74) is 2.09. The molecule has 1 aliphatic heterocycles. The van der Waals surface area contributed by atoms with E-state index in [2.05, 4.69) is 10.6 Å². The third-order valence-corrected chi connectivity index (χ3v) is 4.37. The first-order chi connectivity index (χ1) is 11.7. The minimum Gasteiger partial charge on any atom is -0.394 e. The van der Waals surface area contributed by atoms with Crippen LogP contribution in [0.4, 0.5) is 4.39 Å². The number of aliphatic hydroxyl groups excluding tert-OH is 1. The smallest absolute Gasteiger partial charge is 0.237 e. The van der Waals surface area contributed by atoms with E-state index in [1.807, 2.05) is 12.1 Å². The van der Waals surface area contributed by atoms with E-state index < -0.39 is 6.04 Å². The first-order valence-electron chi connectivity index (χ1n) is 8.18. The van der Waals surface area contributed by atoms with Crippen molar-refractivity contribution in [2.45, 2.75) is 24.9 Å². The Morgan fingerprint density at radius 3 is 2.62 bits per heavy atom. The van der Waals surface area contributed by atoms with Crippen LogP contribution in [0.2, 0.25) is 0 Å². The van der Waals surface area contributed by atoms with Crippen LogP contribution in [0, 0.1) is 5.82 Å². The number of nitrogens with one attached hydrogen (secondary N) is 2. The summed E-state index contributed by atoms with van der Waals surface area (Å²) in [5, 5.41) is 15.6. The maximum absolute atomic E-state index is 13.8. The number of carbonyl (C=O) groups is 1. The summed E-state index contributed by atoms with van der Waals surface area (Å²) in [6, 6.07) is 13.2. The van der Waals surface area contributed by atoms with Gasteiger partial charge in [0.25, 0.3) is 0 Å².